The molecule has 0 bridgehead atoms. The Bertz CT molecular complexity index is 1330. The predicted octanol–water partition coefficient (Wildman–Crippen LogP) is 12.3. The van der Waals surface area contributed by atoms with Gasteiger partial charge in [0, 0.05) is 33.1 Å². The van der Waals surface area contributed by atoms with Crippen LogP contribution < -0.4 is 5.32 Å². The number of hydrogen-bond acceptors (Lipinski definition) is 1. The highest BCUT2D eigenvalue weighted by Gasteiger charge is 2.15. The van der Waals surface area contributed by atoms with Crippen LogP contribution in [0.15, 0.2) is 80.9 Å². The fraction of sp³-hybridized carbons (Fsp3) is 0.297. The first-order valence-corrected chi connectivity index (χ1v) is 14.5. The van der Waals surface area contributed by atoms with Crippen LogP contribution in [0.1, 0.15) is 88.1 Å². The summed E-state index contributed by atoms with van der Waals surface area (Å²) in [5.41, 5.74) is 11.3. The van der Waals surface area contributed by atoms with E-state index in [4.69, 9.17) is 11.6 Å². The minimum Gasteiger partial charge on any atom is -0.355 e. The zero-order valence-corrected chi connectivity index (χ0v) is 25.6. The monoisotopic (exact) mass is 539 g/mol. The Morgan fingerprint density at radius 3 is 2.23 bits per heavy atom. The molecule has 0 aliphatic heterocycles. The van der Waals surface area contributed by atoms with Crippen molar-refractivity contribution in [2.75, 3.05) is 5.32 Å². The lowest BCUT2D eigenvalue weighted by Gasteiger charge is -2.20. The van der Waals surface area contributed by atoms with Gasteiger partial charge >= 0.3 is 0 Å². The number of aryl methyl sites for hydroxylation is 1. The Hall–Kier alpha value is -3.29. The van der Waals surface area contributed by atoms with E-state index in [0.717, 1.165) is 79.3 Å². The highest BCUT2D eigenvalue weighted by Crippen LogP contribution is 2.37. The van der Waals surface area contributed by atoms with Gasteiger partial charge < -0.3 is 5.32 Å². The number of allylic oxidation sites excluding steroid dienone is 2. The van der Waals surface area contributed by atoms with Crippen LogP contribution in [0.25, 0.3) is 34.0 Å². The molecule has 1 nitrogen and oxygen atoms in total. The molecule has 0 spiro atoms. The summed E-state index contributed by atoms with van der Waals surface area (Å²) < 4.78 is 0. The minimum absolute atomic E-state index is 0.679. The molecular weight excluding hydrogens is 494 g/mol. The van der Waals surface area contributed by atoms with Crippen LogP contribution in [-0.4, -0.2) is 0 Å². The third-order valence-electron chi connectivity index (χ3n) is 6.91. The average Bonchev–Trinajstić information content (AvgIpc) is 2.92. The molecule has 0 saturated heterocycles. The van der Waals surface area contributed by atoms with Crippen molar-refractivity contribution in [3.8, 4) is 11.1 Å². The fourth-order valence-corrected chi connectivity index (χ4v) is 5.05. The van der Waals surface area contributed by atoms with E-state index in [-0.39, 0.29) is 0 Å². The zero-order chi connectivity index (χ0) is 29.1. The predicted molar refractivity (Wildman–Crippen MR) is 179 cm³/mol. The SMILES string of the molecule is C=Cc1ccc(C(=C)C)c(C(=C)Nc2cc(-c3ccc(C)cc3Cl)ccc2C(=C)CCC(C)CCC)c1.CC. The highest BCUT2D eigenvalue weighted by molar-refractivity contribution is 6.33. The molecule has 3 aromatic rings. The van der Waals surface area contributed by atoms with Gasteiger partial charge in [-0.3, -0.25) is 0 Å². The third kappa shape index (κ3) is 8.60. The summed E-state index contributed by atoms with van der Waals surface area (Å²) in [6.45, 7) is 29.7. The van der Waals surface area contributed by atoms with Gasteiger partial charge in [-0.15, -0.1) is 0 Å². The minimum atomic E-state index is 0.679. The first-order chi connectivity index (χ1) is 18.6. The van der Waals surface area contributed by atoms with E-state index in [1.807, 2.05) is 32.9 Å². The lowest BCUT2D eigenvalue weighted by molar-refractivity contribution is 0.493. The normalized spacial score (nSPS) is 11.2. The van der Waals surface area contributed by atoms with Crippen molar-refractivity contribution in [3.63, 3.8) is 0 Å². The van der Waals surface area contributed by atoms with Crippen LogP contribution >= 0.6 is 11.6 Å². The molecule has 206 valence electrons. The number of benzene rings is 3. The lowest BCUT2D eigenvalue weighted by Crippen LogP contribution is -2.04. The van der Waals surface area contributed by atoms with Crippen LogP contribution in [0.3, 0.4) is 0 Å². The molecule has 0 aliphatic carbocycles. The molecule has 1 atom stereocenters. The Morgan fingerprint density at radius 1 is 0.923 bits per heavy atom. The molecule has 3 rings (SSSR count). The molecule has 1 N–H and O–H groups in total. The topological polar surface area (TPSA) is 12.0 Å². The Morgan fingerprint density at radius 2 is 1.62 bits per heavy atom. The standard InChI is InChI=1S/C35H40ClN.C2H6/c1-9-11-24(5)12-14-26(7)31-19-16-29(32-17-13-25(6)20-34(32)36)22-35(31)37-27(8)33-21-28(10-2)15-18-30(33)23(3)4;1-2/h10,13,15-22,24,37H,2-3,7-9,11-12,14H2,1,4-6H3;1-2H3. The van der Waals surface area contributed by atoms with E-state index >= 15 is 0 Å². The molecule has 0 fully saturated rings. The van der Waals surface area contributed by atoms with Crippen molar-refractivity contribution in [3.05, 3.63) is 114 Å². The number of nitrogens with one attached hydrogen (secondary N) is 1. The van der Waals surface area contributed by atoms with Gasteiger partial charge in [0.2, 0.25) is 0 Å². The van der Waals surface area contributed by atoms with E-state index in [1.54, 1.807) is 0 Å². The molecule has 0 heterocycles. The molecule has 1 unspecified atom stereocenters. The molecule has 39 heavy (non-hydrogen) atoms. The zero-order valence-electron chi connectivity index (χ0n) is 24.9. The second-order valence-electron chi connectivity index (χ2n) is 10.2. The summed E-state index contributed by atoms with van der Waals surface area (Å²) in [6.07, 6.45) is 6.38. The molecule has 0 radical (unpaired) electrons. The van der Waals surface area contributed by atoms with Crippen molar-refractivity contribution in [1.82, 2.24) is 0 Å². The average molecular weight is 540 g/mol. The second kappa shape index (κ2) is 15.3. The largest absolute Gasteiger partial charge is 0.355 e. The summed E-state index contributed by atoms with van der Waals surface area (Å²) in [6, 6.07) is 18.9. The van der Waals surface area contributed by atoms with E-state index in [1.165, 1.54) is 12.8 Å². The van der Waals surface area contributed by atoms with Gasteiger partial charge in [0.1, 0.15) is 0 Å². The quantitative estimate of drug-likeness (QED) is 0.241. The Balaban J connectivity index is 0.00000260. The first kappa shape index (κ1) is 31.9. The van der Waals surface area contributed by atoms with Crippen molar-refractivity contribution in [2.45, 2.75) is 67.2 Å². The number of anilines is 1. The third-order valence-corrected chi connectivity index (χ3v) is 7.22. The summed E-state index contributed by atoms with van der Waals surface area (Å²) >= 11 is 6.65. The molecular formula is C37H46ClN. The van der Waals surface area contributed by atoms with Crippen LogP contribution in [0.4, 0.5) is 5.69 Å². The molecule has 0 aromatic heterocycles. The maximum Gasteiger partial charge on any atom is 0.0487 e. The lowest BCUT2D eigenvalue weighted by atomic mass is 9.92. The van der Waals surface area contributed by atoms with E-state index in [9.17, 15) is 0 Å². The Labute approximate surface area is 243 Å². The van der Waals surface area contributed by atoms with Crippen molar-refractivity contribution in [1.29, 1.82) is 0 Å². The van der Waals surface area contributed by atoms with Crippen molar-refractivity contribution < 1.29 is 0 Å². The Kier molecular flexibility index (Phi) is 12.6. The van der Waals surface area contributed by atoms with E-state index < -0.39 is 0 Å². The molecule has 0 amide bonds. The molecule has 3 aromatic carbocycles. The van der Waals surface area contributed by atoms with E-state index in [2.05, 4.69) is 101 Å². The summed E-state index contributed by atoms with van der Waals surface area (Å²) in [4.78, 5) is 0. The van der Waals surface area contributed by atoms with Crippen molar-refractivity contribution in [2.24, 2.45) is 5.92 Å². The number of halogens is 1. The van der Waals surface area contributed by atoms with Crippen LogP contribution in [-0.2, 0) is 0 Å². The van der Waals surface area contributed by atoms with Gasteiger partial charge in [0.15, 0.2) is 0 Å². The van der Waals surface area contributed by atoms with Gasteiger partial charge in [-0.2, -0.15) is 0 Å². The van der Waals surface area contributed by atoms with Gasteiger partial charge in [-0.05, 0) is 78.6 Å². The second-order valence-corrected chi connectivity index (χ2v) is 10.6. The fourth-order valence-electron chi connectivity index (χ4n) is 4.71. The summed E-state index contributed by atoms with van der Waals surface area (Å²) in [5, 5.41) is 4.38. The van der Waals surface area contributed by atoms with Crippen LogP contribution in [0.2, 0.25) is 5.02 Å². The van der Waals surface area contributed by atoms with Gasteiger partial charge in [0.05, 0.1) is 0 Å². The van der Waals surface area contributed by atoms with Gasteiger partial charge in [-0.25, -0.2) is 0 Å². The molecule has 2 heteroatoms. The summed E-state index contributed by atoms with van der Waals surface area (Å²) in [7, 11) is 0. The maximum atomic E-state index is 6.65. The molecule has 0 saturated carbocycles. The van der Waals surface area contributed by atoms with Crippen LogP contribution in [0, 0.1) is 12.8 Å². The van der Waals surface area contributed by atoms with E-state index in [0.29, 0.717) is 5.92 Å². The van der Waals surface area contributed by atoms with Crippen molar-refractivity contribution >= 4 is 40.2 Å². The van der Waals surface area contributed by atoms with Gasteiger partial charge in [0.25, 0.3) is 0 Å². The van der Waals surface area contributed by atoms with Crippen LogP contribution in [0.5, 0.6) is 0 Å². The number of hydrogen-bond donors (Lipinski definition) is 1. The smallest absolute Gasteiger partial charge is 0.0487 e. The summed E-state index contributed by atoms with van der Waals surface area (Å²) in [5.74, 6) is 0.679. The highest BCUT2D eigenvalue weighted by atomic mass is 35.5. The van der Waals surface area contributed by atoms with Gasteiger partial charge in [-0.1, -0.05) is 127 Å². The molecule has 0 aliphatic rings. The first-order valence-electron chi connectivity index (χ1n) is 14.1. The number of rotatable bonds is 12. The maximum absolute atomic E-state index is 6.65.